The molecule has 3 aliphatic carbocycles. The van der Waals surface area contributed by atoms with E-state index in [2.05, 4.69) is 58.2 Å². The number of likely N-dealkylation sites (N-methyl/N-ethyl adjacent to an activating group) is 1. The van der Waals surface area contributed by atoms with Crippen LogP contribution in [0.25, 0.3) is 10.8 Å². The smallest absolute Gasteiger partial charge is 0.0987 e. The summed E-state index contributed by atoms with van der Waals surface area (Å²) in [6.45, 7) is 4.77. The summed E-state index contributed by atoms with van der Waals surface area (Å²) in [5, 5.41) is 2.47. The van der Waals surface area contributed by atoms with Crippen molar-refractivity contribution < 1.29 is 4.74 Å². The molecule has 194 valence electrons. The Morgan fingerprint density at radius 2 is 1.92 bits per heavy atom. The van der Waals surface area contributed by atoms with Crippen LogP contribution in [0, 0.1) is 5.92 Å². The van der Waals surface area contributed by atoms with Crippen LogP contribution in [0.4, 0.5) is 0 Å². The zero-order chi connectivity index (χ0) is 24.8. The first-order valence-corrected chi connectivity index (χ1v) is 14.7. The summed E-state index contributed by atoms with van der Waals surface area (Å²) < 4.78 is 7.49. The lowest BCUT2D eigenvalue weighted by atomic mass is 9.62. The number of hydrogen-bond donors (Lipinski definition) is 1. The molecule has 0 radical (unpaired) electrons. The van der Waals surface area contributed by atoms with Gasteiger partial charge in [-0.2, -0.15) is 0 Å². The highest BCUT2D eigenvalue weighted by atomic mass is 16.5. The lowest BCUT2D eigenvalue weighted by molar-refractivity contribution is -0.132. The molecule has 0 amide bonds. The van der Waals surface area contributed by atoms with Crippen molar-refractivity contribution in [2.24, 2.45) is 11.7 Å². The molecule has 1 aromatic carbocycles. The van der Waals surface area contributed by atoms with E-state index in [4.69, 9.17) is 10.5 Å². The molecule has 2 aromatic rings. The molecule has 2 unspecified atom stereocenters. The largest absolute Gasteiger partial charge is 0.359 e. The number of benzene rings is 1. The van der Waals surface area contributed by atoms with E-state index in [1.54, 1.807) is 5.57 Å². The number of piperazine rings is 1. The standard InChI is InChI=1S/C32H40N4O/c1-35-14-16-36(17-15-35)27-5-4-25-19-26-8-10-31(33)28(23-3-2-22-9-13-34-21-24(22)18-23)6-7-29(31)32(26)12-11-30(25,20-27)37-32/h2-3,8-9,13,18-19,21,27-29H,4-7,10-12,14-17,20,33H2,1H3/t27?,28?,29-,30-,31+,32-/m1/s1. The van der Waals surface area contributed by atoms with Gasteiger partial charge in [-0.25, -0.2) is 0 Å². The van der Waals surface area contributed by atoms with Crippen molar-refractivity contribution in [3.63, 3.8) is 0 Å². The summed E-state index contributed by atoms with van der Waals surface area (Å²) in [4.78, 5) is 9.60. The minimum absolute atomic E-state index is 0.0610. The van der Waals surface area contributed by atoms with Crippen molar-refractivity contribution in [3.05, 3.63) is 65.5 Å². The molecule has 4 heterocycles. The molecule has 2 N–H and O–H groups in total. The number of pyridine rings is 1. The van der Waals surface area contributed by atoms with Gasteiger partial charge in [-0.1, -0.05) is 24.3 Å². The molecule has 5 heteroatoms. The molecule has 2 saturated heterocycles. The fourth-order valence-corrected chi connectivity index (χ4v) is 9.41. The van der Waals surface area contributed by atoms with Gasteiger partial charge in [0.15, 0.2) is 0 Å². The summed E-state index contributed by atoms with van der Waals surface area (Å²) >= 11 is 0. The first-order chi connectivity index (χ1) is 18.0. The molecule has 4 fully saturated rings. The maximum absolute atomic E-state index is 7.52. The molecule has 3 aliphatic heterocycles. The van der Waals surface area contributed by atoms with Crippen LogP contribution in [0.5, 0.6) is 0 Å². The molecular formula is C32H40N4O. The van der Waals surface area contributed by atoms with E-state index in [9.17, 15) is 0 Å². The molecule has 2 saturated carbocycles. The fourth-order valence-electron chi connectivity index (χ4n) is 9.41. The Kier molecular flexibility index (Phi) is 4.94. The predicted molar refractivity (Wildman–Crippen MR) is 147 cm³/mol. The Labute approximate surface area is 220 Å². The van der Waals surface area contributed by atoms with Crippen LogP contribution in [-0.4, -0.2) is 70.8 Å². The monoisotopic (exact) mass is 496 g/mol. The van der Waals surface area contributed by atoms with Crippen molar-refractivity contribution in [1.29, 1.82) is 0 Å². The molecular weight excluding hydrogens is 456 g/mol. The van der Waals surface area contributed by atoms with Crippen LogP contribution in [0.15, 0.2) is 60.0 Å². The van der Waals surface area contributed by atoms with Crippen LogP contribution in [0.1, 0.15) is 62.8 Å². The Morgan fingerprint density at radius 1 is 1.03 bits per heavy atom. The highest BCUT2D eigenvalue weighted by Gasteiger charge is 2.67. The van der Waals surface area contributed by atoms with Gasteiger partial charge in [-0.3, -0.25) is 9.88 Å². The molecule has 6 aliphatic rings. The highest BCUT2D eigenvalue weighted by Crippen LogP contribution is 2.65. The first-order valence-electron chi connectivity index (χ1n) is 14.7. The van der Waals surface area contributed by atoms with Crippen molar-refractivity contribution in [2.45, 2.75) is 80.1 Å². The second kappa shape index (κ2) is 7.98. The van der Waals surface area contributed by atoms with E-state index in [0.717, 1.165) is 25.7 Å². The topological polar surface area (TPSA) is 54.6 Å². The summed E-state index contributed by atoms with van der Waals surface area (Å²) in [7, 11) is 2.25. The highest BCUT2D eigenvalue weighted by molar-refractivity contribution is 5.82. The fraction of sp³-hybridized carbons (Fsp3) is 0.594. The maximum Gasteiger partial charge on any atom is 0.0987 e. The third-order valence-electron chi connectivity index (χ3n) is 11.4. The van der Waals surface area contributed by atoms with Gasteiger partial charge in [-0.15, -0.1) is 0 Å². The average molecular weight is 497 g/mol. The Hall–Kier alpha value is -2.05. The van der Waals surface area contributed by atoms with E-state index in [0.29, 0.717) is 17.9 Å². The number of hydrogen-bond acceptors (Lipinski definition) is 5. The minimum Gasteiger partial charge on any atom is -0.359 e. The lowest BCUT2D eigenvalue weighted by Crippen LogP contribution is -2.61. The van der Waals surface area contributed by atoms with Gasteiger partial charge in [0.05, 0.1) is 11.2 Å². The molecule has 6 atom stereocenters. The van der Waals surface area contributed by atoms with Gasteiger partial charge in [0.1, 0.15) is 0 Å². The van der Waals surface area contributed by atoms with E-state index in [-0.39, 0.29) is 16.7 Å². The minimum atomic E-state index is -0.248. The van der Waals surface area contributed by atoms with Crippen LogP contribution in [-0.2, 0) is 4.74 Å². The summed E-state index contributed by atoms with van der Waals surface area (Å²) in [5.74, 6) is 0.750. The van der Waals surface area contributed by atoms with E-state index in [1.165, 1.54) is 73.8 Å². The quantitative estimate of drug-likeness (QED) is 0.648. The maximum atomic E-state index is 7.52. The number of fused-ring (bicyclic) bond motifs is 2. The van der Waals surface area contributed by atoms with Gasteiger partial charge >= 0.3 is 0 Å². The molecule has 5 nitrogen and oxygen atoms in total. The SMILES string of the molecule is CN1CCN(C2CCC3=CC4=CC[C@]5(N)C(c6ccc7ccncc7c6)CC[C@H]5[C@@]45CC[C@]3(C2)O5)CC1. The third kappa shape index (κ3) is 3.21. The van der Waals surface area contributed by atoms with Crippen molar-refractivity contribution in [2.75, 3.05) is 33.2 Å². The van der Waals surface area contributed by atoms with Crippen LogP contribution in [0.2, 0.25) is 0 Å². The van der Waals surface area contributed by atoms with Crippen molar-refractivity contribution in [1.82, 2.24) is 14.8 Å². The van der Waals surface area contributed by atoms with Crippen LogP contribution in [0.3, 0.4) is 0 Å². The Morgan fingerprint density at radius 3 is 2.81 bits per heavy atom. The number of nitrogens with zero attached hydrogens (tertiary/aromatic N) is 3. The van der Waals surface area contributed by atoms with E-state index < -0.39 is 0 Å². The first kappa shape index (κ1) is 22.9. The summed E-state index contributed by atoms with van der Waals surface area (Å²) in [6.07, 6.45) is 18.1. The number of ether oxygens (including phenoxy) is 1. The second-order valence-electron chi connectivity index (χ2n) is 13.0. The number of rotatable bonds is 2. The number of aromatic nitrogens is 1. The third-order valence-corrected chi connectivity index (χ3v) is 11.4. The van der Waals surface area contributed by atoms with E-state index in [1.807, 2.05) is 12.4 Å². The Balaban J connectivity index is 1.12. The van der Waals surface area contributed by atoms with Crippen LogP contribution >= 0.6 is 0 Å². The molecule has 2 bridgehead atoms. The van der Waals surface area contributed by atoms with Gasteiger partial charge < -0.3 is 15.4 Å². The number of nitrogens with two attached hydrogens (primary N) is 1. The summed E-state index contributed by atoms with van der Waals surface area (Å²) in [6, 6.07) is 9.67. The molecule has 1 aromatic heterocycles. The van der Waals surface area contributed by atoms with Crippen molar-refractivity contribution >= 4 is 10.8 Å². The summed E-state index contributed by atoms with van der Waals surface area (Å²) in [5.41, 5.74) is 11.4. The molecule has 2 spiro atoms. The zero-order valence-corrected chi connectivity index (χ0v) is 22.2. The second-order valence-corrected chi connectivity index (χ2v) is 13.0. The Bertz CT molecular complexity index is 1310. The van der Waals surface area contributed by atoms with Crippen LogP contribution < -0.4 is 5.73 Å². The van der Waals surface area contributed by atoms with Gasteiger partial charge in [0.2, 0.25) is 0 Å². The lowest BCUT2D eigenvalue weighted by Gasteiger charge is -2.55. The molecule has 8 rings (SSSR count). The van der Waals surface area contributed by atoms with Gasteiger partial charge in [-0.05, 0) is 92.6 Å². The predicted octanol–water partition coefficient (Wildman–Crippen LogP) is 4.78. The van der Waals surface area contributed by atoms with Crippen molar-refractivity contribution in [3.8, 4) is 0 Å². The van der Waals surface area contributed by atoms with Gasteiger partial charge in [0.25, 0.3) is 0 Å². The normalized spacial score (nSPS) is 41.6. The molecule has 37 heavy (non-hydrogen) atoms. The average Bonchev–Trinajstić information content (AvgIpc) is 3.43. The van der Waals surface area contributed by atoms with E-state index >= 15 is 0 Å². The van der Waals surface area contributed by atoms with Gasteiger partial charge in [0, 0.05) is 67.4 Å². The zero-order valence-electron chi connectivity index (χ0n) is 22.2.